The normalized spacial score (nSPS) is 22.9. The Bertz CT molecular complexity index is 956. The molecule has 0 fully saturated rings. The number of amides is 2. The van der Waals surface area contributed by atoms with Gasteiger partial charge in [0.15, 0.2) is 0 Å². The number of nitrogens with one attached hydrogen (secondary N) is 1. The van der Waals surface area contributed by atoms with E-state index in [0.29, 0.717) is 16.8 Å². The van der Waals surface area contributed by atoms with Gasteiger partial charge < -0.3 is 5.32 Å². The van der Waals surface area contributed by atoms with Gasteiger partial charge in [0.2, 0.25) is 0 Å². The quantitative estimate of drug-likeness (QED) is 0.850. The first kappa shape index (κ1) is 16.2. The number of allylic oxidation sites excluding steroid dienone is 3. The number of carbonyl (C=O) groups excluding carboxylic acids is 2. The first-order chi connectivity index (χ1) is 12.7. The summed E-state index contributed by atoms with van der Waals surface area (Å²) in [7, 11) is 0. The van der Waals surface area contributed by atoms with Gasteiger partial charge in [0.25, 0.3) is 11.8 Å². The summed E-state index contributed by atoms with van der Waals surface area (Å²) in [6, 6.07) is 8.39. The summed E-state index contributed by atoms with van der Waals surface area (Å²) in [6.07, 6.45) is 9.60. The third-order valence-electron chi connectivity index (χ3n) is 5.01. The standard InChI is InChI=1S/C21H17N3O2/c22-12-13-5-7-14(8-6-13)20(25)23-15-9-10-17-16-3-1-2-4-18(16)21(26)24-19(17)11-15/h5-11,17H,1-4H2,(H,24,26). The highest BCUT2D eigenvalue weighted by molar-refractivity contribution is 6.14. The van der Waals surface area contributed by atoms with Gasteiger partial charge in [-0.25, -0.2) is 4.99 Å². The molecular formula is C21H17N3O2. The van der Waals surface area contributed by atoms with Crippen molar-refractivity contribution in [3.05, 3.63) is 70.5 Å². The Morgan fingerprint density at radius 1 is 1.19 bits per heavy atom. The fourth-order valence-corrected chi connectivity index (χ4v) is 3.69. The topological polar surface area (TPSA) is 82.3 Å². The van der Waals surface area contributed by atoms with Crippen molar-refractivity contribution in [1.82, 2.24) is 5.32 Å². The van der Waals surface area contributed by atoms with Crippen LogP contribution >= 0.6 is 0 Å². The van der Waals surface area contributed by atoms with Gasteiger partial charge in [-0.2, -0.15) is 5.26 Å². The monoisotopic (exact) mass is 343 g/mol. The molecule has 5 nitrogen and oxygen atoms in total. The second kappa shape index (κ2) is 6.57. The molecular weight excluding hydrogens is 326 g/mol. The van der Waals surface area contributed by atoms with Crippen LogP contribution in [0, 0.1) is 17.2 Å². The SMILES string of the molecule is N#Cc1ccc(C(=O)N=C2C=CC3C(=C2)NC(=O)C2=C3CCCC2)cc1. The maximum atomic E-state index is 12.3. The Labute approximate surface area is 151 Å². The molecule has 0 saturated heterocycles. The van der Waals surface area contributed by atoms with Crippen LogP contribution < -0.4 is 5.32 Å². The largest absolute Gasteiger partial charge is 0.325 e. The summed E-state index contributed by atoms with van der Waals surface area (Å²) < 4.78 is 0. The van der Waals surface area contributed by atoms with E-state index in [1.165, 1.54) is 5.57 Å². The van der Waals surface area contributed by atoms with Crippen molar-refractivity contribution >= 4 is 17.5 Å². The van der Waals surface area contributed by atoms with Crippen LogP contribution in [0.4, 0.5) is 0 Å². The number of hydrogen-bond acceptors (Lipinski definition) is 3. The number of carbonyl (C=O) groups is 2. The van der Waals surface area contributed by atoms with Crippen molar-refractivity contribution in [2.24, 2.45) is 10.9 Å². The molecule has 1 aromatic rings. The molecule has 1 heterocycles. The second-order valence-electron chi connectivity index (χ2n) is 6.63. The van der Waals surface area contributed by atoms with Crippen molar-refractivity contribution < 1.29 is 9.59 Å². The van der Waals surface area contributed by atoms with Crippen LogP contribution in [0.1, 0.15) is 41.6 Å². The lowest BCUT2D eigenvalue weighted by atomic mass is 9.77. The Kier molecular flexibility index (Phi) is 4.10. The first-order valence-corrected chi connectivity index (χ1v) is 8.72. The molecule has 1 aromatic carbocycles. The van der Waals surface area contributed by atoms with E-state index in [4.69, 9.17) is 5.26 Å². The van der Waals surface area contributed by atoms with Gasteiger partial charge in [-0.05, 0) is 67.7 Å². The van der Waals surface area contributed by atoms with E-state index in [9.17, 15) is 9.59 Å². The van der Waals surface area contributed by atoms with E-state index in [0.717, 1.165) is 37.0 Å². The van der Waals surface area contributed by atoms with Gasteiger partial charge in [0.05, 0.1) is 17.3 Å². The van der Waals surface area contributed by atoms with Crippen LogP contribution in [0.3, 0.4) is 0 Å². The lowest BCUT2D eigenvalue weighted by Crippen LogP contribution is -2.37. The molecule has 0 bridgehead atoms. The lowest BCUT2D eigenvalue weighted by molar-refractivity contribution is -0.117. The minimum Gasteiger partial charge on any atom is -0.325 e. The molecule has 0 radical (unpaired) electrons. The Morgan fingerprint density at radius 3 is 2.73 bits per heavy atom. The van der Waals surface area contributed by atoms with Crippen molar-refractivity contribution in [2.45, 2.75) is 25.7 Å². The average molecular weight is 343 g/mol. The van der Waals surface area contributed by atoms with Gasteiger partial charge in [-0.3, -0.25) is 9.59 Å². The number of benzene rings is 1. The Hall–Kier alpha value is -3.26. The number of fused-ring (bicyclic) bond motifs is 2. The number of nitriles is 1. The highest BCUT2D eigenvalue weighted by atomic mass is 16.2. The Morgan fingerprint density at radius 2 is 1.96 bits per heavy atom. The molecule has 3 aliphatic rings. The molecule has 128 valence electrons. The zero-order valence-corrected chi connectivity index (χ0v) is 14.2. The fourth-order valence-electron chi connectivity index (χ4n) is 3.69. The molecule has 2 amide bonds. The lowest BCUT2D eigenvalue weighted by Gasteiger charge is -2.33. The van der Waals surface area contributed by atoms with Gasteiger partial charge in [0.1, 0.15) is 0 Å². The van der Waals surface area contributed by atoms with E-state index < -0.39 is 0 Å². The van der Waals surface area contributed by atoms with Crippen LogP contribution in [0.2, 0.25) is 0 Å². The summed E-state index contributed by atoms with van der Waals surface area (Å²) in [6.45, 7) is 0. The zero-order chi connectivity index (χ0) is 18.1. The number of rotatable bonds is 1. The molecule has 2 aliphatic carbocycles. The van der Waals surface area contributed by atoms with Crippen molar-refractivity contribution in [2.75, 3.05) is 0 Å². The summed E-state index contributed by atoms with van der Waals surface area (Å²) in [5.41, 5.74) is 4.38. The highest BCUT2D eigenvalue weighted by Gasteiger charge is 2.33. The summed E-state index contributed by atoms with van der Waals surface area (Å²) in [5, 5.41) is 11.8. The van der Waals surface area contributed by atoms with Crippen LogP contribution in [0.15, 0.2) is 64.3 Å². The maximum absolute atomic E-state index is 12.3. The minimum absolute atomic E-state index is 0.0183. The molecule has 5 heteroatoms. The molecule has 1 N–H and O–H groups in total. The van der Waals surface area contributed by atoms with E-state index in [-0.39, 0.29) is 17.7 Å². The van der Waals surface area contributed by atoms with Crippen molar-refractivity contribution in [3.8, 4) is 6.07 Å². The Balaban J connectivity index is 1.60. The maximum Gasteiger partial charge on any atom is 0.277 e. The van der Waals surface area contributed by atoms with Crippen LogP contribution in [0.25, 0.3) is 0 Å². The van der Waals surface area contributed by atoms with Gasteiger partial charge in [-0.15, -0.1) is 0 Å². The minimum atomic E-state index is -0.371. The fraction of sp³-hybridized carbons (Fsp3) is 0.238. The van der Waals surface area contributed by atoms with E-state index in [2.05, 4.69) is 10.3 Å². The molecule has 1 unspecified atom stereocenters. The van der Waals surface area contributed by atoms with E-state index in [1.54, 1.807) is 30.3 Å². The zero-order valence-electron chi connectivity index (χ0n) is 14.2. The molecule has 26 heavy (non-hydrogen) atoms. The molecule has 1 aliphatic heterocycles. The third-order valence-corrected chi connectivity index (χ3v) is 5.01. The predicted octanol–water partition coefficient (Wildman–Crippen LogP) is 3.21. The number of hydrogen-bond donors (Lipinski definition) is 1. The van der Waals surface area contributed by atoms with Crippen LogP contribution in [0.5, 0.6) is 0 Å². The first-order valence-electron chi connectivity index (χ1n) is 8.72. The third kappa shape index (κ3) is 2.91. The van der Waals surface area contributed by atoms with E-state index in [1.807, 2.05) is 18.2 Å². The van der Waals surface area contributed by atoms with E-state index >= 15 is 0 Å². The van der Waals surface area contributed by atoms with Crippen molar-refractivity contribution in [3.63, 3.8) is 0 Å². The molecule has 0 saturated carbocycles. The number of nitrogens with zero attached hydrogens (tertiary/aromatic N) is 2. The summed E-state index contributed by atoms with van der Waals surface area (Å²) in [4.78, 5) is 28.8. The predicted molar refractivity (Wildman–Crippen MR) is 97.3 cm³/mol. The van der Waals surface area contributed by atoms with Crippen LogP contribution in [-0.4, -0.2) is 17.5 Å². The van der Waals surface area contributed by atoms with Gasteiger partial charge in [0, 0.05) is 22.8 Å². The molecule has 1 atom stereocenters. The molecule has 0 spiro atoms. The highest BCUT2D eigenvalue weighted by Crippen LogP contribution is 2.38. The van der Waals surface area contributed by atoms with Crippen LogP contribution in [-0.2, 0) is 4.79 Å². The van der Waals surface area contributed by atoms with Gasteiger partial charge >= 0.3 is 0 Å². The smallest absolute Gasteiger partial charge is 0.277 e. The summed E-state index contributed by atoms with van der Waals surface area (Å²) in [5.74, 6) is -0.300. The summed E-state index contributed by atoms with van der Waals surface area (Å²) >= 11 is 0. The van der Waals surface area contributed by atoms with Gasteiger partial charge in [-0.1, -0.05) is 6.08 Å². The number of aliphatic imine (C=N–C) groups is 1. The average Bonchev–Trinajstić information content (AvgIpc) is 2.68. The van der Waals surface area contributed by atoms with Crippen molar-refractivity contribution in [1.29, 1.82) is 5.26 Å². The second-order valence-corrected chi connectivity index (χ2v) is 6.63. The molecule has 0 aromatic heterocycles. The molecule has 4 rings (SSSR count).